The van der Waals surface area contributed by atoms with Gasteiger partial charge in [-0.1, -0.05) is 5.16 Å². The second kappa shape index (κ2) is 8.78. The number of hydrogen-bond donors (Lipinski definition) is 0. The fourth-order valence-electron chi connectivity index (χ4n) is 1.87. The molecular formula is C16H17N3O5S. The van der Waals surface area contributed by atoms with Crippen molar-refractivity contribution >= 4 is 34.4 Å². The van der Waals surface area contributed by atoms with Crippen molar-refractivity contribution in [2.24, 2.45) is 10.1 Å². The fourth-order valence-corrected chi connectivity index (χ4v) is 2.52. The van der Waals surface area contributed by atoms with Crippen molar-refractivity contribution in [3.05, 3.63) is 34.8 Å². The van der Waals surface area contributed by atoms with Crippen molar-refractivity contribution < 1.29 is 23.8 Å². The molecule has 0 N–H and O–H groups in total. The number of esters is 1. The third-order valence-corrected chi connectivity index (χ3v) is 3.78. The van der Waals surface area contributed by atoms with E-state index in [9.17, 15) is 4.79 Å². The van der Waals surface area contributed by atoms with Crippen LogP contribution in [0.15, 0.2) is 33.7 Å². The van der Waals surface area contributed by atoms with Crippen LogP contribution in [0.1, 0.15) is 11.3 Å². The number of thiazole rings is 1. The number of ether oxygens (including phenoxy) is 3. The van der Waals surface area contributed by atoms with E-state index in [0.29, 0.717) is 22.3 Å². The zero-order chi connectivity index (χ0) is 18.2. The van der Waals surface area contributed by atoms with Gasteiger partial charge >= 0.3 is 5.97 Å². The van der Waals surface area contributed by atoms with Gasteiger partial charge in [0, 0.05) is 11.6 Å². The number of aromatic nitrogens is 1. The Morgan fingerprint density at radius 2 is 1.92 bits per heavy atom. The van der Waals surface area contributed by atoms with E-state index in [1.165, 1.54) is 25.6 Å². The summed E-state index contributed by atoms with van der Waals surface area (Å²) in [4.78, 5) is 24.9. The molecule has 0 saturated carbocycles. The molecule has 0 aliphatic heterocycles. The molecule has 0 radical (unpaired) electrons. The largest absolute Gasteiger partial charge is 0.493 e. The van der Waals surface area contributed by atoms with Gasteiger partial charge in [0.1, 0.15) is 12.8 Å². The number of carbonyl (C=O) groups is 1. The van der Waals surface area contributed by atoms with E-state index in [1.807, 2.05) is 6.07 Å². The van der Waals surface area contributed by atoms with E-state index in [-0.39, 0.29) is 5.71 Å². The molecule has 0 aliphatic carbocycles. The highest BCUT2D eigenvalue weighted by molar-refractivity contribution is 7.13. The lowest BCUT2D eigenvalue weighted by Crippen LogP contribution is -2.17. The minimum atomic E-state index is -0.637. The van der Waals surface area contributed by atoms with E-state index in [2.05, 4.69) is 24.7 Å². The molecular weight excluding hydrogens is 346 g/mol. The topological polar surface area (TPSA) is 91.6 Å². The van der Waals surface area contributed by atoms with Gasteiger partial charge in [-0.05, 0) is 23.8 Å². The van der Waals surface area contributed by atoms with Crippen molar-refractivity contribution in [2.45, 2.75) is 0 Å². The number of rotatable bonds is 7. The van der Waals surface area contributed by atoms with Crippen LogP contribution in [0.3, 0.4) is 0 Å². The summed E-state index contributed by atoms with van der Waals surface area (Å²) in [5, 5.41) is 5.75. The lowest BCUT2D eigenvalue weighted by atomic mass is 10.2. The van der Waals surface area contributed by atoms with Gasteiger partial charge in [-0.2, -0.15) is 0 Å². The Labute approximate surface area is 148 Å². The van der Waals surface area contributed by atoms with Crippen LogP contribution in [0, 0.1) is 0 Å². The summed E-state index contributed by atoms with van der Waals surface area (Å²) in [6, 6.07) is 5.42. The molecule has 1 heterocycles. The number of aliphatic imine (C=N–C) groups is 1. The lowest BCUT2D eigenvalue weighted by molar-refractivity contribution is -0.132. The summed E-state index contributed by atoms with van der Waals surface area (Å²) in [6.45, 7) is 0. The van der Waals surface area contributed by atoms with Gasteiger partial charge < -0.3 is 19.0 Å². The van der Waals surface area contributed by atoms with Crippen molar-refractivity contribution in [1.29, 1.82) is 0 Å². The molecule has 1 aromatic carbocycles. The Morgan fingerprint density at radius 3 is 2.56 bits per heavy atom. The highest BCUT2D eigenvalue weighted by atomic mass is 32.1. The van der Waals surface area contributed by atoms with Gasteiger partial charge in [-0.3, -0.25) is 0 Å². The summed E-state index contributed by atoms with van der Waals surface area (Å²) in [7, 11) is 5.74. The third kappa shape index (κ3) is 4.54. The molecule has 1 aromatic heterocycles. The molecule has 0 unspecified atom stereocenters. The number of benzene rings is 1. The third-order valence-electron chi connectivity index (χ3n) is 3.03. The van der Waals surface area contributed by atoms with Crippen molar-refractivity contribution in [3.8, 4) is 11.5 Å². The van der Waals surface area contributed by atoms with Gasteiger partial charge in [0.15, 0.2) is 11.5 Å². The summed E-state index contributed by atoms with van der Waals surface area (Å²) < 4.78 is 15.1. The first-order chi connectivity index (χ1) is 12.1. The number of hydrogen-bond acceptors (Lipinski definition) is 9. The van der Waals surface area contributed by atoms with Crippen LogP contribution in [-0.2, 0) is 14.4 Å². The highest BCUT2D eigenvalue weighted by Gasteiger charge is 2.19. The minimum absolute atomic E-state index is 0.0196. The molecule has 0 atom stereocenters. The zero-order valence-corrected chi connectivity index (χ0v) is 15.0. The van der Waals surface area contributed by atoms with Crippen LogP contribution in [0.2, 0.25) is 0 Å². The molecule has 0 bridgehead atoms. The Morgan fingerprint density at radius 1 is 1.16 bits per heavy atom. The van der Waals surface area contributed by atoms with Gasteiger partial charge in [0.2, 0.25) is 10.8 Å². The van der Waals surface area contributed by atoms with Crippen LogP contribution in [0.4, 0.5) is 5.13 Å². The molecule has 25 heavy (non-hydrogen) atoms. The Kier molecular flexibility index (Phi) is 6.47. The smallest absolute Gasteiger partial charge is 0.362 e. The zero-order valence-electron chi connectivity index (χ0n) is 14.2. The molecule has 8 nitrogen and oxygen atoms in total. The minimum Gasteiger partial charge on any atom is -0.493 e. The van der Waals surface area contributed by atoms with Gasteiger partial charge in [0.05, 0.1) is 21.3 Å². The van der Waals surface area contributed by atoms with Crippen LogP contribution in [0.5, 0.6) is 11.5 Å². The Bertz CT molecular complexity index is 801. The molecule has 0 spiro atoms. The summed E-state index contributed by atoms with van der Waals surface area (Å²) in [5.41, 5.74) is 1.13. The van der Waals surface area contributed by atoms with E-state index >= 15 is 0 Å². The predicted molar refractivity (Wildman–Crippen MR) is 94.5 cm³/mol. The Balaban J connectivity index is 2.22. The normalized spacial score (nSPS) is 11.4. The van der Waals surface area contributed by atoms with Crippen molar-refractivity contribution in [3.63, 3.8) is 0 Å². The first-order valence-electron chi connectivity index (χ1n) is 7.04. The van der Waals surface area contributed by atoms with E-state index < -0.39 is 5.97 Å². The fraction of sp³-hybridized carbons (Fsp3) is 0.250. The van der Waals surface area contributed by atoms with Crippen molar-refractivity contribution in [1.82, 2.24) is 4.98 Å². The molecule has 2 aromatic rings. The monoisotopic (exact) mass is 363 g/mol. The molecule has 132 valence electrons. The first-order valence-corrected chi connectivity index (χ1v) is 7.92. The van der Waals surface area contributed by atoms with Gasteiger partial charge in [-0.25, -0.2) is 14.8 Å². The Hall–Kier alpha value is -2.94. The van der Waals surface area contributed by atoms with Gasteiger partial charge in [0.25, 0.3) is 0 Å². The SMILES string of the molecule is CO/N=C(\C(=O)OC)c1csc(/N=C/c2ccc(OC)c(OC)c2)n1. The number of carbonyl (C=O) groups excluding carboxylic acids is 1. The first kappa shape index (κ1) is 18.4. The van der Waals surface area contributed by atoms with Crippen molar-refractivity contribution in [2.75, 3.05) is 28.4 Å². The average molecular weight is 363 g/mol. The van der Waals surface area contributed by atoms with Crippen LogP contribution >= 0.6 is 11.3 Å². The average Bonchev–Trinajstić information content (AvgIpc) is 3.12. The lowest BCUT2D eigenvalue weighted by Gasteiger charge is -2.07. The molecule has 9 heteroatoms. The van der Waals surface area contributed by atoms with E-state index in [4.69, 9.17) is 9.47 Å². The number of oxime groups is 1. The number of nitrogens with zero attached hydrogens (tertiary/aromatic N) is 3. The van der Waals surface area contributed by atoms with Gasteiger partial charge in [-0.15, -0.1) is 11.3 Å². The molecule has 0 saturated heterocycles. The maximum absolute atomic E-state index is 11.7. The number of methoxy groups -OCH3 is 3. The molecule has 2 rings (SSSR count). The van der Waals surface area contributed by atoms with Crippen LogP contribution < -0.4 is 9.47 Å². The quantitative estimate of drug-likeness (QED) is 0.426. The maximum Gasteiger partial charge on any atom is 0.362 e. The van der Waals surface area contributed by atoms with E-state index in [1.54, 1.807) is 37.9 Å². The summed E-state index contributed by atoms with van der Waals surface area (Å²) in [6.07, 6.45) is 1.63. The molecule has 0 amide bonds. The maximum atomic E-state index is 11.7. The second-order valence-corrected chi connectivity index (χ2v) is 5.34. The predicted octanol–water partition coefficient (Wildman–Crippen LogP) is 2.43. The van der Waals surface area contributed by atoms with E-state index in [0.717, 1.165) is 5.56 Å². The van der Waals surface area contributed by atoms with Crippen LogP contribution in [0.25, 0.3) is 0 Å². The van der Waals surface area contributed by atoms with Crippen LogP contribution in [-0.4, -0.2) is 51.3 Å². The molecule has 0 aliphatic rings. The highest BCUT2D eigenvalue weighted by Crippen LogP contribution is 2.27. The summed E-state index contributed by atoms with van der Waals surface area (Å²) >= 11 is 1.26. The summed E-state index contributed by atoms with van der Waals surface area (Å²) in [5.74, 6) is 0.601. The second-order valence-electron chi connectivity index (χ2n) is 4.50. The molecule has 0 fully saturated rings. The standard InChI is InChI=1S/C16H17N3O5S/c1-21-12-6-5-10(7-13(12)22-2)8-17-16-18-11(9-25-16)14(19-24-4)15(20)23-3/h5-9H,1-4H3/b17-8+,19-14-.